The highest BCUT2D eigenvalue weighted by atomic mass is 16.2. The molecule has 1 unspecified atom stereocenters. The van der Waals surface area contributed by atoms with Gasteiger partial charge in [0.15, 0.2) is 0 Å². The molecule has 2 rings (SSSR count). The molecule has 1 aromatic heterocycles. The van der Waals surface area contributed by atoms with Gasteiger partial charge >= 0.3 is 0 Å². The summed E-state index contributed by atoms with van der Waals surface area (Å²) in [6.45, 7) is 2.98. The van der Waals surface area contributed by atoms with Crippen molar-refractivity contribution >= 4 is 5.91 Å². The van der Waals surface area contributed by atoms with Crippen LogP contribution >= 0.6 is 0 Å². The molecule has 74 valence electrons. The molecule has 1 aromatic rings. The summed E-state index contributed by atoms with van der Waals surface area (Å²) in [5, 5.41) is 6.02. The van der Waals surface area contributed by atoms with Gasteiger partial charge in [-0.1, -0.05) is 6.07 Å². The van der Waals surface area contributed by atoms with Crippen molar-refractivity contribution in [1.82, 2.24) is 15.6 Å². The van der Waals surface area contributed by atoms with Crippen LogP contribution in [0.3, 0.4) is 0 Å². The number of hydrogen-bond donors (Lipinski definition) is 2. The second kappa shape index (κ2) is 3.38. The highest BCUT2D eigenvalue weighted by Crippen LogP contribution is 2.18. The van der Waals surface area contributed by atoms with E-state index < -0.39 is 0 Å². The molecule has 0 radical (unpaired) electrons. The van der Waals surface area contributed by atoms with Gasteiger partial charge < -0.3 is 5.32 Å². The van der Waals surface area contributed by atoms with Crippen LogP contribution in [0.1, 0.15) is 12.6 Å². The smallest absolute Gasteiger partial charge is 0.234 e. The topological polar surface area (TPSA) is 54.0 Å². The molecule has 1 aliphatic rings. The van der Waals surface area contributed by atoms with Crippen LogP contribution in [-0.4, -0.2) is 24.0 Å². The summed E-state index contributed by atoms with van der Waals surface area (Å²) in [5.74, 6) is 0.0402. The average molecular weight is 191 g/mol. The third kappa shape index (κ3) is 1.61. The van der Waals surface area contributed by atoms with Crippen molar-refractivity contribution in [2.24, 2.45) is 0 Å². The molecule has 1 amide bonds. The van der Waals surface area contributed by atoms with Crippen molar-refractivity contribution in [3.8, 4) is 0 Å². The van der Waals surface area contributed by atoms with E-state index in [-0.39, 0.29) is 11.4 Å². The molecule has 4 heteroatoms. The van der Waals surface area contributed by atoms with E-state index in [1.54, 1.807) is 6.20 Å². The van der Waals surface area contributed by atoms with Gasteiger partial charge in [0.1, 0.15) is 0 Å². The first-order valence-corrected chi connectivity index (χ1v) is 4.64. The summed E-state index contributed by atoms with van der Waals surface area (Å²) >= 11 is 0. The van der Waals surface area contributed by atoms with Crippen molar-refractivity contribution < 1.29 is 4.79 Å². The zero-order valence-corrected chi connectivity index (χ0v) is 8.08. The van der Waals surface area contributed by atoms with Crippen LogP contribution in [0.5, 0.6) is 0 Å². The van der Waals surface area contributed by atoms with Gasteiger partial charge in [0, 0.05) is 12.7 Å². The maximum absolute atomic E-state index is 11.0. The molecule has 1 fully saturated rings. The van der Waals surface area contributed by atoms with Gasteiger partial charge in [-0.15, -0.1) is 0 Å². The molecule has 2 heterocycles. The molecule has 1 aliphatic heterocycles. The van der Waals surface area contributed by atoms with Crippen molar-refractivity contribution in [3.05, 3.63) is 30.1 Å². The summed E-state index contributed by atoms with van der Waals surface area (Å²) in [6.07, 6.45) is 1.76. The number of amides is 1. The molecule has 0 bridgehead atoms. The number of aromatic nitrogens is 1. The number of hydrogen-bond acceptors (Lipinski definition) is 3. The van der Waals surface area contributed by atoms with Crippen molar-refractivity contribution in [2.45, 2.75) is 12.5 Å². The highest BCUT2D eigenvalue weighted by Gasteiger charge is 2.31. The Hall–Kier alpha value is -1.42. The Morgan fingerprint density at radius 3 is 2.93 bits per heavy atom. The predicted octanol–water partition coefficient (Wildman–Crippen LogP) is 0.0162. The Balaban J connectivity index is 2.21. The lowest BCUT2D eigenvalue weighted by molar-refractivity contribution is -0.122. The quantitative estimate of drug-likeness (QED) is 0.657. The monoisotopic (exact) mass is 191 g/mol. The largest absolute Gasteiger partial charge is 0.353 e. The molecular weight excluding hydrogens is 178 g/mol. The van der Waals surface area contributed by atoms with Crippen LogP contribution in [0, 0.1) is 0 Å². The Kier molecular flexibility index (Phi) is 2.21. The van der Waals surface area contributed by atoms with Crippen LogP contribution in [0.2, 0.25) is 0 Å². The Morgan fingerprint density at radius 2 is 2.36 bits per heavy atom. The van der Waals surface area contributed by atoms with Crippen molar-refractivity contribution in [3.63, 3.8) is 0 Å². The van der Waals surface area contributed by atoms with Gasteiger partial charge in [0.2, 0.25) is 5.91 Å². The third-order valence-corrected chi connectivity index (χ3v) is 2.51. The molecule has 0 spiro atoms. The maximum atomic E-state index is 11.0. The number of piperazine rings is 1. The molecule has 0 aliphatic carbocycles. The van der Waals surface area contributed by atoms with Gasteiger partial charge in [-0.2, -0.15) is 0 Å². The fourth-order valence-corrected chi connectivity index (χ4v) is 1.55. The molecule has 14 heavy (non-hydrogen) atoms. The summed E-state index contributed by atoms with van der Waals surface area (Å²) in [7, 11) is 0. The molecule has 1 atom stereocenters. The van der Waals surface area contributed by atoms with E-state index >= 15 is 0 Å². The highest BCUT2D eigenvalue weighted by molar-refractivity contribution is 5.79. The molecular formula is C10H13N3O. The molecule has 0 saturated carbocycles. The molecule has 2 N–H and O–H groups in total. The van der Waals surface area contributed by atoms with Crippen LogP contribution in [0.15, 0.2) is 24.4 Å². The fourth-order valence-electron chi connectivity index (χ4n) is 1.55. The molecule has 0 aromatic carbocycles. The SMILES string of the molecule is CC1(c2ccccn2)CNC(=O)CN1. The zero-order valence-electron chi connectivity index (χ0n) is 8.08. The maximum Gasteiger partial charge on any atom is 0.234 e. The first-order chi connectivity index (χ1) is 6.71. The second-order valence-corrected chi connectivity index (χ2v) is 3.68. The Labute approximate surface area is 82.7 Å². The van der Waals surface area contributed by atoms with E-state index in [1.807, 2.05) is 25.1 Å². The number of nitrogens with zero attached hydrogens (tertiary/aromatic N) is 1. The zero-order chi connectivity index (χ0) is 10.0. The molecule has 1 saturated heterocycles. The van der Waals surface area contributed by atoms with E-state index in [0.29, 0.717) is 13.1 Å². The average Bonchev–Trinajstić information content (AvgIpc) is 2.24. The minimum Gasteiger partial charge on any atom is -0.353 e. The lowest BCUT2D eigenvalue weighted by Gasteiger charge is -2.34. The van der Waals surface area contributed by atoms with Crippen LogP contribution in [0.25, 0.3) is 0 Å². The molecule has 4 nitrogen and oxygen atoms in total. The van der Waals surface area contributed by atoms with Gasteiger partial charge in [-0.25, -0.2) is 0 Å². The predicted molar refractivity (Wildman–Crippen MR) is 52.6 cm³/mol. The van der Waals surface area contributed by atoms with E-state index in [4.69, 9.17) is 0 Å². The minimum atomic E-state index is -0.241. The van der Waals surface area contributed by atoms with E-state index in [2.05, 4.69) is 15.6 Å². The number of carbonyl (C=O) groups excluding carboxylic acids is 1. The van der Waals surface area contributed by atoms with Gasteiger partial charge in [-0.05, 0) is 19.1 Å². The number of rotatable bonds is 1. The van der Waals surface area contributed by atoms with Gasteiger partial charge in [-0.3, -0.25) is 15.1 Å². The van der Waals surface area contributed by atoms with Crippen molar-refractivity contribution in [2.75, 3.05) is 13.1 Å². The first kappa shape index (κ1) is 9.15. The Morgan fingerprint density at radius 1 is 1.50 bits per heavy atom. The minimum absolute atomic E-state index is 0.0402. The van der Waals surface area contributed by atoms with Gasteiger partial charge in [0.05, 0.1) is 17.8 Å². The number of nitrogens with one attached hydrogen (secondary N) is 2. The van der Waals surface area contributed by atoms with Crippen molar-refractivity contribution in [1.29, 1.82) is 0 Å². The number of carbonyl (C=O) groups is 1. The van der Waals surface area contributed by atoms with Crippen LogP contribution < -0.4 is 10.6 Å². The van der Waals surface area contributed by atoms with Crippen LogP contribution in [-0.2, 0) is 10.3 Å². The first-order valence-electron chi connectivity index (χ1n) is 4.64. The fraction of sp³-hybridized carbons (Fsp3) is 0.400. The van der Waals surface area contributed by atoms with E-state index in [1.165, 1.54) is 0 Å². The standard InChI is InChI=1S/C10H13N3O/c1-10(7-12-9(14)6-13-10)8-4-2-3-5-11-8/h2-5,13H,6-7H2,1H3,(H,12,14). The summed E-state index contributed by atoms with van der Waals surface area (Å²) < 4.78 is 0. The van der Waals surface area contributed by atoms with Gasteiger partial charge in [0.25, 0.3) is 0 Å². The normalized spacial score (nSPS) is 27.1. The third-order valence-electron chi connectivity index (χ3n) is 2.51. The lowest BCUT2D eigenvalue weighted by atomic mass is 9.95. The van der Waals surface area contributed by atoms with E-state index in [0.717, 1.165) is 5.69 Å². The second-order valence-electron chi connectivity index (χ2n) is 3.68. The van der Waals surface area contributed by atoms with E-state index in [9.17, 15) is 4.79 Å². The Bertz CT molecular complexity index is 326. The number of pyridine rings is 1. The van der Waals surface area contributed by atoms with Crippen LogP contribution in [0.4, 0.5) is 0 Å². The summed E-state index contributed by atoms with van der Waals surface area (Å²) in [4.78, 5) is 15.3. The summed E-state index contributed by atoms with van der Waals surface area (Å²) in [5.41, 5.74) is 0.717. The lowest BCUT2D eigenvalue weighted by Crippen LogP contribution is -2.57. The summed E-state index contributed by atoms with van der Waals surface area (Å²) in [6, 6.07) is 5.80.